The van der Waals surface area contributed by atoms with Gasteiger partial charge in [-0.2, -0.15) is 0 Å². The maximum absolute atomic E-state index is 13.9. The first kappa shape index (κ1) is 15.6. The van der Waals surface area contributed by atoms with Gasteiger partial charge in [0.1, 0.15) is 5.82 Å². The lowest BCUT2D eigenvalue weighted by molar-refractivity contribution is 0.587. The van der Waals surface area contributed by atoms with Crippen molar-refractivity contribution in [3.8, 4) is 0 Å². The van der Waals surface area contributed by atoms with Crippen LogP contribution >= 0.6 is 0 Å². The van der Waals surface area contributed by atoms with Crippen LogP contribution in [0.25, 0.3) is 0 Å². The number of halogens is 1. The van der Waals surface area contributed by atoms with Crippen LogP contribution in [0.3, 0.4) is 0 Å². The van der Waals surface area contributed by atoms with E-state index in [0.717, 1.165) is 24.1 Å². The molecule has 1 unspecified atom stereocenters. The molecule has 1 nitrogen and oxygen atoms in total. The van der Waals surface area contributed by atoms with Gasteiger partial charge in [0.15, 0.2) is 0 Å². The molecule has 0 amide bonds. The summed E-state index contributed by atoms with van der Waals surface area (Å²) in [6.07, 6.45) is 4.41. The van der Waals surface area contributed by atoms with Crippen molar-refractivity contribution in [3.05, 3.63) is 65.5 Å². The fraction of sp³-hybridized carbons (Fsp3) is 0.368. The first-order valence-corrected chi connectivity index (χ1v) is 7.84. The molecule has 112 valence electrons. The Labute approximate surface area is 127 Å². The first-order valence-electron chi connectivity index (χ1n) is 7.84. The Bertz CT molecular complexity index is 548. The van der Waals surface area contributed by atoms with Gasteiger partial charge in [0.05, 0.1) is 6.04 Å². The number of hydrogen-bond donors (Lipinski definition) is 1. The molecule has 2 heteroatoms. The second kappa shape index (κ2) is 7.82. The molecule has 0 spiro atoms. The van der Waals surface area contributed by atoms with Crippen LogP contribution in [0.4, 0.5) is 10.1 Å². The summed E-state index contributed by atoms with van der Waals surface area (Å²) in [4.78, 5) is 0. The maximum Gasteiger partial charge on any atom is 0.128 e. The monoisotopic (exact) mass is 285 g/mol. The van der Waals surface area contributed by atoms with E-state index in [9.17, 15) is 4.39 Å². The highest BCUT2D eigenvalue weighted by atomic mass is 19.1. The van der Waals surface area contributed by atoms with Gasteiger partial charge in [-0.15, -0.1) is 0 Å². The second-order valence-corrected chi connectivity index (χ2v) is 5.43. The van der Waals surface area contributed by atoms with Crippen molar-refractivity contribution in [3.63, 3.8) is 0 Å². The van der Waals surface area contributed by atoms with Crippen LogP contribution in [0.15, 0.2) is 48.5 Å². The molecule has 1 N–H and O–H groups in total. The van der Waals surface area contributed by atoms with E-state index in [4.69, 9.17) is 0 Å². The van der Waals surface area contributed by atoms with Crippen molar-refractivity contribution in [2.45, 2.75) is 45.6 Å². The van der Waals surface area contributed by atoms with Gasteiger partial charge in [-0.25, -0.2) is 4.39 Å². The van der Waals surface area contributed by atoms with E-state index in [1.54, 1.807) is 6.07 Å². The summed E-state index contributed by atoms with van der Waals surface area (Å²) in [5.74, 6) is -0.142. The Morgan fingerprint density at radius 3 is 2.33 bits per heavy atom. The summed E-state index contributed by atoms with van der Waals surface area (Å²) in [6.45, 7) is 4.27. The Hall–Kier alpha value is -1.83. The third-order valence-corrected chi connectivity index (χ3v) is 3.80. The Balaban J connectivity index is 2.07. The third-order valence-electron chi connectivity index (χ3n) is 3.80. The summed E-state index contributed by atoms with van der Waals surface area (Å²) < 4.78 is 13.9. The molecule has 0 heterocycles. The van der Waals surface area contributed by atoms with Crippen LogP contribution in [-0.2, 0) is 6.42 Å². The normalized spacial score (nSPS) is 12.1. The van der Waals surface area contributed by atoms with Crippen LogP contribution in [-0.4, -0.2) is 0 Å². The van der Waals surface area contributed by atoms with Crippen LogP contribution in [0.5, 0.6) is 0 Å². The van der Waals surface area contributed by atoms with E-state index < -0.39 is 0 Å². The molecule has 0 saturated heterocycles. The van der Waals surface area contributed by atoms with Crippen molar-refractivity contribution in [1.29, 1.82) is 0 Å². The predicted octanol–water partition coefficient (Wildman–Crippen LogP) is 5.73. The summed E-state index contributed by atoms with van der Waals surface area (Å²) in [6, 6.07) is 15.5. The number of rotatable bonds is 7. The quantitative estimate of drug-likeness (QED) is 0.685. The van der Waals surface area contributed by atoms with Crippen molar-refractivity contribution < 1.29 is 4.39 Å². The summed E-state index contributed by atoms with van der Waals surface area (Å²) in [5.41, 5.74) is 3.14. The Kier molecular flexibility index (Phi) is 5.79. The average molecular weight is 285 g/mol. The van der Waals surface area contributed by atoms with Gasteiger partial charge in [0.25, 0.3) is 0 Å². The maximum atomic E-state index is 13.9. The van der Waals surface area contributed by atoms with Gasteiger partial charge in [-0.1, -0.05) is 50.6 Å². The Morgan fingerprint density at radius 1 is 1.00 bits per heavy atom. The summed E-state index contributed by atoms with van der Waals surface area (Å²) in [5, 5.41) is 3.43. The molecule has 1 atom stereocenters. The molecular weight excluding hydrogens is 261 g/mol. The highest BCUT2D eigenvalue weighted by molar-refractivity contribution is 5.47. The highest BCUT2D eigenvalue weighted by Gasteiger charge is 2.13. The molecule has 0 radical (unpaired) electrons. The topological polar surface area (TPSA) is 12.0 Å². The van der Waals surface area contributed by atoms with Crippen molar-refractivity contribution >= 4 is 5.69 Å². The van der Waals surface area contributed by atoms with E-state index in [-0.39, 0.29) is 11.9 Å². The number of hydrogen-bond acceptors (Lipinski definition) is 1. The minimum absolute atomic E-state index is 0.00712. The van der Waals surface area contributed by atoms with Crippen molar-refractivity contribution in [2.24, 2.45) is 0 Å². The van der Waals surface area contributed by atoms with Gasteiger partial charge in [-0.05, 0) is 43.0 Å². The standard InChI is InChI=1S/C19H24FN/c1-3-5-8-15-11-13-16(14-12-15)21-19(4-2)17-9-6-7-10-18(17)20/h6-7,9-14,19,21H,3-5,8H2,1-2H3. The lowest BCUT2D eigenvalue weighted by Gasteiger charge is -2.19. The molecule has 0 aromatic heterocycles. The van der Waals surface area contributed by atoms with E-state index in [1.807, 2.05) is 12.1 Å². The molecule has 21 heavy (non-hydrogen) atoms. The van der Waals surface area contributed by atoms with Crippen molar-refractivity contribution in [2.75, 3.05) is 5.32 Å². The molecular formula is C19H24FN. The summed E-state index contributed by atoms with van der Waals surface area (Å²) in [7, 11) is 0. The minimum atomic E-state index is -0.142. The molecule has 0 aliphatic carbocycles. The van der Waals surface area contributed by atoms with Crippen LogP contribution < -0.4 is 5.32 Å². The zero-order valence-electron chi connectivity index (χ0n) is 12.9. The molecule has 0 bridgehead atoms. The molecule has 0 fully saturated rings. The Morgan fingerprint density at radius 2 is 1.71 bits per heavy atom. The van der Waals surface area contributed by atoms with Gasteiger partial charge in [-0.3, -0.25) is 0 Å². The van der Waals surface area contributed by atoms with Gasteiger partial charge in [0.2, 0.25) is 0 Å². The molecule has 2 aromatic carbocycles. The number of anilines is 1. The third kappa shape index (κ3) is 4.32. The largest absolute Gasteiger partial charge is 0.378 e. The fourth-order valence-electron chi connectivity index (χ4n) is 2.51. The molecule has 2 rings (SSSR count). The van der Waals surface area contributed by atoms with E-state index >= 15 is 0 Å². The highest BCUT2D eigenvalue weighted by Crippen LogP contribution is 2.25. The second-order valence-electron chi connectivity index (χ2n) is 5.43. The van der Waals surface area contributed by atoms with E-state index in [1.165, 1.54) is 24.5 Å². The van der Waals surface area contributed by atoms with E-state index in [2.05, 4.69) is 43.4 Å². The van der Waals surface area contributed by atoms with E-state index in [0.29, 0.717) is 0 Å². The summed E-state index contributed by atoms with van der Waals surface area (Å²) >= 11 is 0. The number of nitrogens with one attached hydrogen (secondary N) is 1. The SMILES string of the molecule is CCCCc1ccc(NC(CC)c2ccccc2F)cc1. The fourth-order valence-corrected chi connectivity index (χ4v) is 2.51. The number of unbranched alkanes of at least 4 members (excludes halogenated alkanes) is 1. The zero-order valence-corrected chi connectivity index (χ0v) is 12.9. The van der Waals surface area contributed by atoms with Crippen LogP contribution in [0, 0.1) is 5.82 Å². The number of aryl methyl sites for hydroxylation is 1. The molecule has 2 aromatic rings. The van der Waals surface area contributed by atoms with Gasteiger partial charge < -0.3 is 5.32 Å². The lowest BCUT2D eigenvalue weighted by atomic mass is 10.0. The molecule has 0 aliphatic rings. The van der Waals surface area contributed by atoms with Gasteiger partial charge >= 0.3 is 0 Å². The van der Waals surface area contributed by atoms with Crippen molar-refractivity contribution in [1.82, 2.24) is 0 Å². The zero-order chi connectivity index (χ0) is 15.1. The predicted molar refractivity (Wildman–Crippen MR) is 88.1 cm³/mol. The first-order chi connectivity index (χ1) is 10.2. The average Bonchev–Trinajstić information content (AvgIpc) is 2.52. The lowest BCUT2D eigenvalue weighted by Crippen LogP contribution is -2.11. The number of benzene rings is 2. The van der Waals surface area contributed by atoms with Crippen LogP contribution in [0.1, 0.15) is 50.3 Å². The molecule has 0 aliphatic heterocycles. The van der Waals surface area contributed by atoms with Gasteiger partial charge in [0, 0.05) is 11.3 Å². The smallest absolute Gasteiger partial charge is 0.128 e. The van der Waals surface area contributed by atoms with Crippen LogP contribution in [0.2, 0.25) is 0 Å². The molecule has 0 saturated carbocycles. The minimum Gasteiger partial charge on any atom is -0.378 e.